The minimum Gasteiger partial charge on any atom is -0.458 e. The topological polar surface area (TPSA) is 107 Å². The van der Waals surface area contributed by atoms with E-state index in [1.807, 2.05) is 26.8 Å². The molecule has 1 N–H and O–H groups in total. The van der Waals surface area contributed by atoms with Crippen LogP contribution >= 0.6 is 11.6 Å². The smallest absolute Gasteiger partial charge is 0.306 e. The number of allylic oxidation sites excluding steroid dienone is 4. The number of ketones is 2. The molecule has 0 aliphatic heterocycles. The van der Waals surface area contributed by atoms with Gasteiger partial charge in [0.15, 0.2) is 18.0 Å². The summed E-state index contributed by atoms with van der Waals surface area (Å²) in [5.74, 6) is -2.34. The third-order valence-corrected chi connectivity index (χ3v) is 10.5. The van der Waals surface area contributed by atoms with Crippen LogP contribution in [0.2, 0.25) is 0 Å². The Morgan fingerprint density at radius 3 is 2.54 bits per heavy atom. The van der Waals surface area contributed by atoms with Gasteiger partial charge in [0.25, 0.3) is 0 Å². The molecule has 4 aliphatic rings. The first-order valence-electron chi connectivity index (χ1n) is 12.5. The maximum absolute atomic E-state index is 13.7. The molecule has 0 aromatic carbocycles. The van der Waals surface area contributed by atoms with Gasteiger partial charge < -0.3 is 14.6 Å². The van der Waals surface area contributed by atoms with E-state index in [0.29, 0.717) is 19.3 Å². The molecule has 3 fully saturated rings. The third-order valence-electron chi connectivity index (χ3n) is 9.57. The lowest BCUT2D eigenvalue weighted by molar-refractivity contribution is -0.203. The largest absolute Gasteiger partial charge is 0.458 e. The van der Waals surface area contributed by atoms with Crippen molar-refractivity contribution in [3.63, 3.8) is 0 Å². The van der Waals surface area contributed by atoms with Gasteiger partial charge in [-0.15, -0.1) is 11.6 Å². The zero-order chi connectivity index (χ0) is 26.0. The number of halogens is 1. The Morgan fingerprint density at radius 1 is 1.23 bits per heavy atom. The second-order valence-corrected chi connectivity index (χ2v) is 11.8. The second kappa shape index (κ2) is 8.55. The van der Waals surface area contributed by atoms with Crippen molar-refractivity contribution >= 4 is 35.1 Å². The van der Waals surface area contributed by atoms with E-state index in [9.17, 15) is 24.3 Å². The van der Waals surface area contributed by atoms with E-state index >= 15 is 0 Å². The average molecular weight is 507 g/mol. The summed E-state index contributed by atoms with van der Waals surface area (Å²) in [6.07, 6.45) is 6.04. The summed E-state index contributed by atoms with van der Waals surface area (Å²) in [5.41, 5.74) is -2.26. The van der Waals surface area contributed by atoms with Crippen molar-refractivity contribution in [3.05, 3.63) is 23.8 Å². The summed E-state index contributed by atoms with van der Waals surface area (Å²) >= 11 is 7.46. The Balaban J connectivity index is 1.82. The van der Waals surface area contributed by atoms with Crippen LogP contribution in [0.3, 0.4) is 0 Å². The molecular formula is C27H35ClO7. The summed E-state index contributed by atoms with van der Waals surface area (Å²) in [6, 6.07) is 0. The molecule has 8 atom stereocenters. The third kappa shape index (κ3) is 3.41. The van der Waals surface area contributed by atoms with Crippen LogP contribution in [0.4, 0.5) is 0 Å². The van der Waals surface area contributed by atoms with E-state index in [-0.39, 0.29) is 36.4 Å². The number of aliphatic hydroxyl groups excluding tert-OH is 1. The molecule has 0 spiro atoms. The fraction of sp³-hybridized carbons (Fsp3) is 0.704. The standard InChI is InChI=1S/C27H35ClO7/c1-6-23(33)35-27(22(32)14-34-16(3)29)15(2)11-20-19-8-7-17-12-18(30)9-10-24(17,4)26(19,28)21(31)13-25(20,27)5/h9-10,12,15,19-21,31H,6-8,11,13-14H2,1-5H3/t15-,19-,20-,21-,24-,25-,26-,27-/m0/s1. The van der Waals surface area contributed by atoms with Gasteiger partial charge in [0.1, 0.15) is 0 Å². The van der Waals surface area contributed by atoms with Crippen LogP contribution in [-0.2, 0) is 28.7 Å². The quantitative estimate of drug-likeness (QED) is 0.447. The summed E-state index contributed by atoms with van der Waals surface area (Å²) < 4.78 is 11.1. The number of ether oxygens (including phenoxy) is 2. The number of alkyl halides is 1. The lowest BCUT2D eigenvalue weighted by Gasteiger charge is -2.64. The van der Waals surface area contributed by atoms with Gasteiger partial charge in [-0.2, -0.15) is 0 Å². The summed E-state index contributed by atoms with van der Waals surface area (Å²) in [5, 5.41) is 11.7. The van der Waals surface area contributed by atoms with Crippen molar-refractivity contribution in [1.29, 1.82) is 0 Å². The van der Waals surface area contributed by atoms with E-state index in [2.05, 4.69) is 0 Å². The number of Topliss-reactive ketones (excluding diaryl/α,β-unsaturated/α-hetero) is 1. The maximum atomic E-state index is 13.7. The van der Waals surface area contributed by atoms with E-state index in [1.54, 1.807) is 13.0 Å². The molecule has 3 saturated carbocycles. The van der Waals surface area contributed by atoms with Gasteiger partial charge in [-0.25, -0.2) is 0 Å². The fourth-order valence-corrected chi connectivity index (χ4v) is 8.45. The normalized spacial score (nSPS) is 44.0. The molecule has 4 aliphatic carbocycles. The number of carbonyl (C=O) groups excluding carboxylic acids is 4. The summed E-state index contributed by atoms with van der Waals surface area (Å²) in [7, 11) is 0. The van der Waals surface area contributed by atoms with E-state index in [4.69, 9.17) is 21.1 Å². The number of hydrogen-bond acceptors (Lipinski definition) is 7. The highest BCUT2D eigenvalue weighted by atomic mass is 35.5. The lowest BCUT2D eigenvalue weighted by atomic mass is 9.45. The van der Waals surface area contributed by atoms with Crippen molar-refractivity contribution in [2.75, 3.05) is 6.61 Å². The van der Waals surface area contributed by atoms with Gasteiger partial charge in [0, 0.05) is 30.1 Å². The number of hydrogen-bond donors (Lipinski definition) is 1. The zero-order valence-corrected chi connectivity index (χ0v) is 21.8. The maximum Gasteiger partial charge on any atom is 0.306 e. The minimum atomic E-state index is -1.55. The molecule has 0 aromatic rings. The Morgan fingerprint density at radius 2 is 1.91 bits per heavy atom. The molecule has 35 heavy (non-hydrogen) atoms. The number of carbonyl (C=O) groups is 4. The predicted molar refractivity (Wildman–Crippen MR) is 128 cm³/mol. The van der Waals surface area contributed by atoms with Gasteiger partial charge in [0.2, 0.25) is 5.78 Å². The number of fused-ring (bicyclic) bond motifs is 5. The first-order valence-corrected chi connectivity index (χ1v) is 12.9. The Kier molecular flexibility index (Phi) is 6.37. The van der Waals surface area contributed by atoms with Gasteiger partial charge in [0.05, 0.1) is 11.0 Å². The molecular weight excluding hydrogens is 472 g/mol. The van der Waals surface area contributed by atoms with E-state index in [0.717, 1.165) is 5.57 Å². The molecule has 0 saturated heterocycles. The highest BCUT2D eigenvalue weighted by molar-refractivity contribution is 6.26. The Bertz CT molecular complexity index is 1030. The Labute approximate surface area is 211 Å². The highest BCUT2D eigenvalue weighted by Crippen LogP contribution is 2.72. The first kappa shape index (κ1) is 26.1. The van der Waals surface area contributed by atoms with Crippen LogP contribution in [0.25, 0.3) is 0 Å². The SMILES string of the molecule is CCC(=O)O[C@]1(C(=O)COC(C)=O)[C@@H](C)C[C@H]2[C@@H]3CCC4=CC(=O)C=C[C@]4(C)[C@@]3(Cl)[C@@H](O)C[C@@]21C. The van der Waals surface area contributed by atoms with Gasteiger partial charge in [-0.1, -0.05) is 39.3 Å². The first-order chi connectivity index (χ1) is 16.3. The number of aliphatic hydroxyl groups is 1. The van der Waals surface area contributed by atoms with Crippen LogP contribution in [-0.4, -0.2) is 51.8 Å². The molecule has 0 amide bonds. The van der Waals surface area contributed by atoms with Gasteiger partial charge in [-0.3, -0.25) is 19.2 Å². The molecule has 7 nitrogen and oxygen atoms in total. The van der Waals surface area contributed by atoms with Gasteiger partial charge >= 0.3 is 11.9 Å². The van der Waals surface area contributed by atoms with Crippen molar-refractivity contribution in [2.45, 2.75) is 83.3 Å². The van der Waals surface area contributed by atoms with Crippen LogP contribution in [0, 0.1) is 28.6 Å². The molecule has 0 bridgehead atoms. The molecule has 192 valence electrons. The lowest BCUT2D eigenvalue weighted by Crippen LogP contribution is -2.69. The van der Waals surface area contributed by atoms with Crippen molar-refractivity contribution in [3.8, 4) is 0 Å². The van der Waals surface area contributed by atoms with Crippen LogP contribution in [0.15, 0.2) is 23.8 Å². The van der Waals surface area contributed by atoms with E-state index < -0.39 is 51.7 Å². The minimum absolute atomic E-state index is 0.0811. The van der Waals surface area contributed by atoms with Crippen molar-refractivity contribution < 1.29 is 33.8 Å². The monoisotopic (exact) mass is 506 g/mol. The second-order valence-electron chi connectivity index (χ2n) is 11.2. The van der Waals surface area contributed by atoms with Crippen LogP contribution in [0.5, 0.6) is 0 Å². The van der Waals surface area contributed by atoms with Gasteiger partial charge in [-0.05, 0) is 49.7 Å². The van der Waals surface area contributed by atoms with E-state index in [1.165, 1.54) is 13.0 Å². The van der Waals surface area contributed by atoms with Crippen molar-refractivity contribution in [2.24, 2.45) is 28.6 Å². The molecule has 0 unspecified atom stereocenters. The molecule has 0 aromatic heterocycles. The summed E-state index contributed by atoms with van der Waals surface area (Å²) in [4.78, 5) is 48.9. The molecule has 4 rings (SSSR count). The number of rotatable bonds is 5. The Hall–Kier alpha value is -1.99. The fourth-order valence-electron chi connectivity index (χ4n) is 7.92. The van der Waals surface area contributed by atoms with Crippen LogP contribution in [0.1, 0.15) is 66.7 Å². The predicted octanol–water partition coefficient (Wildman–Crippen LogP) is 3.70. The molecule has 0 radical (unpaired) electrons. The highest BCUT2D eigenvalue weighted by Gasteiger charge is 2.76. The zero-order valence-electron chi connectivity index (χ0n) is 21.1. The van der Waals surface area contributed by atoms with Crippen molar-refractivity contribution in [1.82, 2.24) is 0 Å². The van der Waals surface area contributed by atoms with Crippen LogP contribution < -0.4 is 0 Å². The average Bonchev–Trinajstić information content (AvgIpc) is 3.00. The molecule has 8 heteroatoms. The number of esters is 2. The summed E-state index contributed by atoms with van der Waals surface area (Å²) in [6.45, 7) is 8.16. The molecule has 0 heterocycles.